The van der Waals surface area contributed by atoms with Gasteiger partial charge < -0.3 is 20.5 Å². The summed E-state index contributed by atoms with van der Waals surface area (Å²) in [5.74, 6) is -1.63. The molecule has 164 valence electrons. The van der Waals surface area contributed by atoms with Crippen LogP contribution in [0.5, 0.6) is 0 Å². The summed E-state index contributed by atoms with van der Waals surface area (Å²) in [6.07, 6.45) is -0.626. The highest BCUT2D eigenvalue weighted by Crippen LogP contribution is 2.44. The van der Waals surface area contributed by atoms with E-state index in [9.17, 15) is 14.4 Å². The number of fused-ring (bicyclic) bond motifs is 3. The summed E-state index contributed by atoms with van der Waals surface area (Å²) in [6, 6.07) is 14.7. The van der Waals surface area contributed by atoms with E-state index in [0.29, 0.717) is 0 Å². The number of hydrogen-bond acceptors (Lipinski definition) is 4. The minimum absolute atomic E-state index is 0.0283. The van der Waals surface area contributed by atoms with Crippen LogP contribution in [0.25, 0.3) is 11.1 Å². The summed E-state index contributed by atoms with van der Waals surface area (Å²) in [5, 5.41) is 14.1. The third kappa shape index (κ3) is 5.23. The molecule has 0 spiro atoms. The fourth-order valence-corrected chi connectivity index (χ4v) is 3.81. The van der Waals surface area contributed by atoms with Gasteiger partial charge in [0, 0.05) is 18.4 Å². The molecule has 31 heavy (non-hydrogen) atoms. The lowest BCUT2D eigenvalue weighted by Crippen LogP contribution is -2.45. The van der Waals surface area contributed by atoms with Gasteiger partial charge in [0.15, 0.2) is 0 Å². The van der Waals surface area contributed by atoms with E-state index < -0.39 is 30.1 Å². The van der Waals surface area contributed by atoms with E-state index in [1.54, 1.807) is 0 Å². The van der Waals surface area contributed by atoms with Gasteiger partial charge >= 0.3 is 12.1 Å². The first-order chi connectivity index (χ1) is 14.8. The van der Waals surface area contributed by atoms with Crippen LogP contribution in [0.4, 0.5) is 4.79 Å². The Morgan fingerprint density at radius 3 is 2.00 bits per heavy atom. The van der Waals surface area contributed by atoms with Crippen LogP contribution in [-0.2, 0) is 14.3 Å². The number of nitrogens with one attached hydrogen (secondary N) is 2. The Balaban J connectivity index is 1.61. The first kappa shape index (κ1) is 22.3. The fourth-order valence-electron chi connectivity index (χ4n) is 3.81. The molecular formula is C24H28N2O5. The normalized spacial score (nSPS) is 14.3. The molecule has 7 nitrogen and oxygen atoms in total. The number of amides is 2. The Morgan fingerprint density at radius 1 is 0.935 bits per heavy atom. The van der Waals surface area contributed by atoms with Crippen molar-refractivity contribution in [2.75, 3.05) is 6.61 Å². The fraction of sp³-hybridized carbons (Fsp3) is 0.375. The van der Waals surface area contributed by atoms with E-state index in [1.807, 2.05) is 50.2 Å². The minimum Gasteiger partial charge on any atom is -0.480 e. The second-order valence-corrected chi connectivity index (χ2v) is 8.15. The summed E-state index contributed by atoms with van der Waals surface area (Å²) in [4.78, 5) is 35.5. The smallest absolute Gasteiger partial charge is 0.407 e. The maximum absolute atomic E-state index is 12.5. The number of alkyl carbamates (subject to hydrolysis) is 1. The largest absolute Gasteiger partial charge is 0.480 e. The van der Waals surface area contributed by atoms with Crippen molar-refractivity contribution >= 4 is 18.0 Å². The van der Waals surface area contributed by atoms with E-state index in [4.69, 9.17) is 9.84 Å². The Hall–Kier alpha value is -3.35. The van der Waals surface area contributed by atoms with E-state index in [-0.39, 0.29) is 24.9 Å². The lowest BCUT2D eigenvalue weighted by molar-refractivity contribution is -0.141. The number of rotatable bonds is 8. The average Bonchev–Trinajstić information content (AvgIpc) is 3.05. The summed E-state index contributed by atoms with van der Waals surface area (Å²) < 4.78 is 5.55. The van der Waals surface area contributed by atoms with Crippen LogP contribution < -0.4 is 10.6 Å². The molecule has 0 saturated heterocycles. The van der Waals surface area contributed by atoms with Crippen LogP contribution in [0.3, 0.4) is 0 Å². The number of carboxylic acids is 1. The predicted octanol–water partition coefficient (Wildman–Crippen LogP) is 3.53. The monoisotopic (exact) mass is 424 g/mol. The molecule has 0 saturated carbocycles. The third-order valence-corrected chi connectivity index (χ3v) is 5.60. The van der Waals surface area contributed by atoms with Crippen LogP contribution >= 0.6 is 0 Å². The van der Waals surface area contributed by atoms with Crippen molar-refractivity contribution in [3.05, 3.63) is 59.7 Å². The molecule has 0 heterocycles. The number of hydrogen-bond donors (Lipinski definition) is 3. The lowest BCUT2D eigenvalue weighted by Gasteiger charge is -2.23. The maximum atomic E-state index is 12.5. The maximum Gasteiger partial charge on any atom is 0.407 e. The van der Waals surface area contributed by atoms with Gasteiger partial charge in [-0.15, -0.1) is 0 Å². The topological polar surface area (TPSA) is 105 Å². The van der Waals surface area contributed by atoms with Crippen molar-refractivity contribution in [2.24, 2.45) is 5.92 Å². The van der Waals surface area contributed by atoms with Crippen molar-refractivity contribution in [3.63, 3.8) is 0 Å². The van der Waals surface area contributed by atoms with Gasteiger partial charge in [0.1, 0.15) is 12.6 Å². The zero-order chi connectivity index (χ0) is 22.5. The molecule has 2 unspecified atom stereocenters. The van der Waals surface area contributed by atoms with Gasteiger partial charge in [-0.05, 0) is 35.1 Å². The molecule has 2 amide bonds. The lowest BCUT2D eigenvalue weighted by atomic mass is 9.98. The van der Waals surface area contributed by atoms with Crippen molar-refractivity contribution in [1.82, 2.24) is 10.6 Å². The number of benzene rings is 2. The molecule has 0 aliphatic heterocycles. The molecule has 2 aromatic carbocycles. The van der Waals surface area contributed by atoms with Crippen LogP contribution in [0.15, 0.2) is 48.5 Å². The van der Waals surface area contributed by atoms with Crippen molar-refractivity contribution in [1.29, 1.82) is 0 Å². The number of aliphatic carboxylic acids is 1. The molecule has 3 rings (SSSR count). The predicted molar refractivity (Wildman–Crippen MR) is 117 cm³/mol. The molecule has 3 N–H and O–H groups in total. The summed E-state index contributed by atoms with van der Waals surface area (Å²) in [7, 11) is 0. The average molecular weight is 424 g/mol. The molecular weight excluding hydrogens is 396 g/mol. The van der Waals surface area contributed by atoms with E-state index in [0.717, 1.165) is 22.3 Å². The molecule has 7 heteroatoms. The second kappa shape index (κ2) is 9.64. The zero-order valence-corrected chi connectivity index (χ0v) is 17.9. The van der Waals surface area contributed by atoms with Gasteiger partial charge in [-0.1, -0.05) is 62.4 Å². The molecule has 0 bridgehead atoms. The molecule has 0 fully saturated rings. The highest BCUT2D eigenvalue weighted by atomic mass is 16.5. The van der Waals surface area contributed by atoms with E-state index in [1.165, 1.54) is 6.92 Å². The summed E-state index contributed by atoms with van der Waals surface area (Å²) in [5.41, 5.74) is 4.55. The standard InChI is InChI=1S/C24H28N2O5/c1-14(2)21(12-22(27)25-15(3)23(28)29)26-24(30)31-13-20-18-10-6-4-8-16(18)17-9-5-7-11-19(17)20/h4-11,14-15,20-21H,12-13H2,1-3H3,(H,25,27)(H,26,30)(H,28,29). The van der Waals surface area contributed by atoms with Gasteiger partial charge in [-0.2, -0.15) is 0 Å². The highest BCUT2D eigenvalue weighted by Gasteiger charge is 2.29. The Labute approximate surface area is 181 Å². The first-order valence-corrected chi connectivity index (χ1v) is 10.4. The number of carbonyl (C=O) groups excluding carboxylic acids is 2. The van der Waals surface area contributed by atoms with Gasteiger partial charge in [-0.25, -0.2) is 4.79 Å². The molecule has 0 aromatic heterocycles. The molecule has 1 aliphatic carbocycles. The Bertz CT molecular complexity index is 926. The number of ether oxygens (including phenoxy) is 1. The third-order valence-electron chi connectivity index (χ3n) is 5.60. The van der Waals surface area contributed by atoms with Gasteiger partial charge in [-0.3, -0.25) is 9.59 Å². The SMILES string of the molecule is CC(NC(=O)CC(NC(=O)OCC1c2ccccc2-c2ccccc21)C(C)C)C(=O)O. The molecule has 0 radical (unpaired) electrons. The van der Waals surface area contributed by atoms with Crippen LogP contribution in [-0.4, -0.2) is 41.8 Å². The Morgan fingerprint density at radius 2 is 1.48 bits per heavy atom. The quantitative estimate of drug-likeness (QED) is 0.601. The Kier molecular flexibility index (Phi) is 6.95. The van der Waals surface area contributed by atoms with Crippen molar-refractivity contribution in [3.8, 4) is 11.1 Å². The second-order valence-electron chi connectivity index (χ2n) is 8.15. The number of carbonyl (C=O) groups is 3. The molecule has 2 aromatic rings. The van der Waals surface area contributed by atoms with Crippen molar-refractivity contribution in [2.45, 2.75) is 45.2 Å². The zero-order valence-electron chi connectivity index (χ0n) is 17.9. The van der Waals surface area contributed by atoms with E-state index >= 15 is 0 Å². The van der Waals surface area contributed by atoms with Gasteiger partial charge in [0.2, 0.25) is 5.91 Å². The van der Waals surface area contributed by atoms with E-state index in [2.05, 4.69) is 22.8 Å². The molecule has 1 aliphatic rings. The number of carboxylic acid groups (broad SMARTS) is 1. The van der Waals surface area contributed by atoms with Gasteiger partial charge in [0.25, 0.3) is 0 Å². The first-order valence-electron chi connectivity index (χ1n) is 10.4. The summed E-state index contributed by atoms with van der Waals surface area (Å²) >= 11 is 0. The minimum atomic E-state index is -1.11. The highest BCUT2D eigenvalue weighted by molar-refractivity contribution is 5.84. The van der Waals surface area contributed by atoms with Crippen LogP contribution in [0.2, 0.25) is 0 Å². The van der Waals surface area contributed by atoms with Crippen LogP contribution in [0.1, 0.15) is 44.2 Å². The molecule has 2 atom stereocenters. The van der Waals surface area contributed by atoms with Crippen LogP contribution in [0, 0.1) is 5.92 Å². The van der Waals surface area contributed by atoms with Crippen molar-refractivity contribution < 1.29 is 24.2 Å². The van der Waals surface area contributed by atoms with Gasteiger partial charge in [0.05, 0.1) is 0 Å². The summed E-state index contributed by atoms with van der Waals surface area (Å²) in [6.45, 7) is 5.33.